The number of benzene rings is 1. The Morgan fingerprint density at radius 2 is 1.87 bits per heavy atom. The second-order valence-corrected chi connectivity index (χ2v) is 9.09. The predicted molar refractivity (Wildman–Crippen MR) is 119 cm³/mol. The zero-order chi connectivity index (χ0) is 21.1. The number of morpholine rings is 1. The van der Waals surface area contributed by atoms with Crippen molar-refractivity contribution < 1.29 is 9.53 Å². The van der Waals surface area contributed by atoms with E-state index in [1.165, 1.54) is 32.1 Å². The number of hydrogen-bond donors (Lipinski definition) is 3. The number of rotatable bonds is 6. The lowest BCUT2D eigenvalue weighted by Crippen LogP contribution is -2.60. The first-order valence-corrected chi connectivity index (χ1v) is 11.6. The molecule has 0 atom stereocenters. The molecule has 3 N–H and O–H groups in total. The minimum atomic E-state index is -0.153. The summed E-state index contributed by atoms with van der Waals surface area (Å²) in [5.41, 5.74) is 1.78. The van der Waals surface area contributed by atoms with Crippen LogP contribution in [0.2, 0.25) is 0 Å². The lowest BCUT2D eigenvalue weighted by Gasteiger charge is -2.48. The fourth-order valence-corrected chi connectivity index (χ4v) is 4.92. The monoisotopic (exact) mass is 424 g/mol. The summed E-state index contributed by atoms with van der Waals surface area (Å²) in [4.78, 5) is 19.8. The van der Waals surface area contributed by atoms with Crippen LogP contribution in [0.15, 0.2) is 24.3 Å². The molecular weight excluding hydrogens is 392 g/mol. The molecule has 5 rings (SSSR count). The number of nitrogens with one attached hydrogen (secondary N) is 3. The maximum absolute atomic E-state index is 12.6. The minimum absolute atomic E-state index is 0.0636. The second-order valence-electron chi connectivity index (χ2n) is 9.09. The quantitative estimate of drug-likeness (QED) is 0.660. The fraction of sp³-hybridized carbons (Fsp3) is 0.609. The van der Waals surface area contributed by atoms with Gasteiger partial charge in [0, 0.05) is 42.3 Å². The minimum Gasteiger partial charge on any atom is -0.379 e. The third-order valence-electron chi connectivity index (χ3n) is 6.91. The summed E-state index contributed by atoms with van der Waals surface area (Å²) in [7, 11) is 0. The van der Waals surface area contributed by atoms with Gasteiger partial charge in [0.2, 0.25) is 0 Å². The van der Waals surface area contributed by atoms with E-state index in [1.807, 2.05) is 24.3 Å². The van der Waals surface area contributed by atoms with Gasteiger partial charge in [0.15, 0.2) is 5.82 Å². The van der Waals surface area contributed by atoms with E-state index in [0.29, 0.717) is 18.3 Å². The molecule has 1 aromatic heterocycles. The molecule has 3 aliphatic rings. The molecule has 8 heteroatoms. The fourth-order valence-electron chi connectivity index (χ4n) is 4.92. The Kier molecular flexibility index (Phi) is 5.91. The topological polar surface area (TPSA) is 95.2 Å². The highest BCUT2D eigenvalue weighted by atomic mass is 16.5. The summed E-state index contributed by atoms with van der Waals surface area (Å²) in [6.07, 6.45) is 8.41. The zero-order valence-electron chi connectivity index (χ0n) is 18.0. The molecule has 0 spiro atoms. The first kappa shape index (κ1) is 20.5. The number of H-pyrrole nitrogens is 1. The van der Waals surface area contributed by atoms with Gasteiger partial charge in [-0.1, -0.05) is 19.3 Å². The third kappa shape index (κ3) is 4.75. The number of anilines is 1. The first-order valence-electron chi connectivity index (χ1n) is 11.6. The van der Waals surface area contributed by atoms with E-state index in [4.69, 9.17) is 4.74 Å². The lowest BCUT2D eigenvalue weighted by atomic mass is 9.80. The van der Waals surface area contributed by atoms with E-state index in [1.54, 1.807) is 0 Å². The largest absolute Gasteiger partial charge is 0.379 e. The summed E-state index contributed by atoms with van der Waals surface area (Å²) in [5.74, 6) is 2.24. The van der Waals surface area contributed by atoms with E-state index in [9.17, 15) is 4.79 Å². The van der Waals surface area contributed by atoms with Crippen LogP contribution in [0, 0.1) is 0 Å². The van der Waals surface area contributed by atoms with Crippen LogP contribution in [0.4, 0.5) is 10.5 Å². The van der Waals surface area contributed by atoms with Crippen molar-refractivity contribution in [2.45, 2.75) is 56.4 Å². The van der Waals surface area contributed by atoms with E-state index in [2.05, 4.69) is 30.7 Å². The van der Waals surface area contributed by atoms with Crippen LogP contribution < -0.4 is 10.6 Å². The zero-order valence-corrected chi connectivity index (χ0v) is 18.0. The van der Waals surface area contributed by atoms with Crippen LogP contribution in [0.1, 0.15) is 56.7 Å². The molecule has 2 saturated carbocycles. The Labute approximate surface area is 183 Å². The molecule has 0 bridgehead atoms. The smallest absolute Gasteiger partial charge is 0.319 e. The van der Waals surface area contributed by atoms with E-state index >= 15 is 0 Å². The highest BCUT2D eigenvalue weighted by Crippen LogP contribution is 2.38. The molecule has 0 unspecified atom stereocenters. The van der Waals surface area contributed by atoms with Gasteiger partial charge in [-0.2, -0.15) is 5.10 Å². The summed E-state index contributed by atoms with van der Waals surface area (Å²) < 4.78 is 5.55. The molecule has 3 fully saturated rings. The number of hydrogen-bond acceptors (Lipinski definition) is 5. The molecule has 8 nitrogen and oxygen atoms in total. The number of carbonyl (C=O) groups excluding carboxylic acids is 1. The van der Waals surface area contributed by atoms with E-state index in [0.717, 1.165) is 56.2 Å². The van der Waals surface area contributed by atoms with Gasteiger partial charge in [-0.05, 0) is 49.9 Å². The number of nitrogens with zero attached hydrogens (tertiary/aromatic N) is 3. The van der Waals surface area contributed by atoms with Crippen molar-refractivity contribution >= 4 is 11.7 Å². The van der Waals surface area contributed by atoms with Gasteiger partial charge in [0.1, 0.15) is 5.82 Å². The molecule has 1 saturated heterocycles. The SMILES string of the molecule is O=C(NCC1(N2CCOCC2)CCCCC1)Nc1ccc(-c2n[nH]c(C3CC3)n2)cc1. The average Bonchev–Trinajstić information content (AvgIpc) is 3.56. The number of aromatic amines is 1. The van der Waals surface area contributed by atoms with Gasteiger partial charge < -0.3 is 15.4 Å². The Morgan fingerprint density at radius 1 is 1.13 bits per heavy atom. The third-order valence-corrected chi connectivity index (χ3v) is 6.91. The maximum atomic E-state index is 12.6. The summed E-state index contributed by atoms with van der Waals surface area (Å²) in [6.45, 7) is 4.15. The van der Waals surface area contributed by atoms with Crippen molar-refractivity contribution in [1.82, 2.24) is 25.4 Å². The van der Waals surface area contributed by atoms with Crippen molar-refractivity contribution in [3.05, 3.63) is 30.1 Å². The summed E-state index contributed by atoms with van der Waals surface area (Å²) in [6, 6.07) is 7.55. The average molecular weight is 425 g/mol. The number of amides is 2. The standard InChI is InChI=1S/C23H32N6O2/c30-22(24-16-23(10-2-1-3-11-23)29-12-14-31-15-13-29)25-19-8-6-18(7-9-19)21-26-20(27-28-21)17-4-5-17/h6-9,17H,1-5,10-16H2,(H2,24,25,30)(H,26,27,28). The Morgan fingerprint density at radius 3 is 2.58 bits per heavy atom. The van der Waals surface area contributed by atoms with Gasteiger partial charge in [-0.3, -0.25) is 10.00 Å². The van der Waals surface area contributed by atoms with Gasteiger partial charge in [-0.15, -0.1) is 0 Å². The molecular formula is C23H32N6O2. The number of urea groups is 1. The lowest BCUT2D eigenvalue weighted by molar-refractivity contribution is -0.0356. The Hall–Kier alpha value is -2.45. The van der Waals surface area contributed by atoms with Crippen molar-refractivity contribution in [2.75, 3.05) is 38.2 Å². The van der Waals surface area contributed by atoms with Crippen LogP contribution in [0.5, 0.6) is 0 Å². The van der Waals surface area contributed by atoms with Crippen molar-refractivity contribution in [3.63, 3.8) is 0 Å². The number of aromatic nitrogens is 3. The van der Waals surface area contributed by atoms with E-state index < -0.39 is 0 Å². The van der Waals surface area contributed by atoms with Crippen LogP contribution in [-0.2, 0) is 4.74 Å². The van der Waals surface area contributed by atoms with Crippen LogP contribution in [0.25, 0.3) is 11.4 Å². The van der Waals surface area contributed by atoms with Crippen molar-refractivity contribution in [2.24, 2.45) is 0 Å². The molecule has 2 aliphatic carbocycles. The van der Waals surface area contributed by atoms with Gasteiger partial charge >= 0.3 is 6.03 Å². The molecule has 2 aromatic rings. The van der Waals surface area contributed by atoms with Gasteiger partial charge in [-0.25, -0.2) is 9.78 Å². The summed E-state index contributed by atoms with van der Waals surface area (Å²) in [5, 5.41) is 13.5. The van der Waals surface area contributed by atoms with Crippen molar-refractivity contribution in [3.8, 4) is 11.4 Å². The number of carbonyl (C=O) groups is 1. The highest BCUT2D eigenvalue weighted by molar-refractivity contribution is 5.89. The summed E-state index contributed by atoms with van der Waals surface area (Å²) >= 11 is 0. The molecule has 2 heterocycles. The van der Waals surface area contributed by atoms with Crippen LogP contribution in [0.3, 0.4) is 0 Å². The highest BCUT2D eigenvalue weighted by Gasteiger charge is 2.38. The number of ether oxygens (including phenoxy) is 1. The molecule has 2 amide bonds. The molecule has 1 aliphatic heterocycles. The normalized spacial score (nSPS) is 21.5. The molecule has 31 heavy (non-hydrogen) atoms. The molecule has 166 valence electrons. The Bertz CT molecular complexity index is 880. The van der Waals surface area contributed by atoms with Crippen molar-refractivity contribution in [1.29, 1.82) is 0 Å². The van der Waals surface area contributed by atoms with E-state index in [-0.39, 0.29) is 11.6 Å². The molecule has 0 radical (unpaired) electrons. The van der Waals surface area contributed by atoms with Crippen LogP contribution in [-0.4, -0.2) is 64.5 Å². The maximum Gasteiger partial charge on any atom is 0.319 e. The molecule has 1 aromatic carbocycles. The van der Waals surface area contributed by atoms with Gasteiger partial charge in [0.05, 0.1) is 13.2 Å². The Balaban J connectivity index is 1.17. The van der Waals surface area contributed by atoms with Gasteiger partial charge in [0.25, 0.3) is 0 Å². The first-order chi connectivity index (χ1) is 15.2. The second kappa shape index (κ2) is 8.96. The van der Waals surface area contributed by atoms with Crippen LogP contribution >= 0.6 is 0 Å². The predicted octanol–water partition coefficient (Wildman–Crippen LogP) is 3.51.